The molecule has 74 heavy (non-hydrogen) atoms. The average Bonchev–Trinajstić information content (AvgIpc) is 3.45. The second kappa shape index (κ2) is 25.4. The minimum absolute atomic E-state index is 0.0417. The van der Waals surface area contributed by atoms with Crippen LogP contribution < -0.4 is 0 Å². The van der Waals surface area contributed by atoms with Gasteiger partial charge in [-0.25, -0.2) is 28.8 Å². The first-order valence-electron chi connectivity index (χ1n) is 23.4. The maximum Gasteiger partial charge on any atom is 0.338 e. The predicted octanol–water partition coefficient (Wildman–Crippen LogP) is 7.00. The molecule has 2 heterocycles. The van der Waals surface area contributed by atoms with E-state index in [4.69, 9.17) is 47.4 Å². The number of hydrogen-bond acceptors (Lipinski definition) is 17. The summed E-state index contributed by atoms with van der Waals surface area (Å²) in [7, 11) is 0. The lowest BCUT2D eigenvalue weighted by Crippen LogP contribution is -2.67. The summed E-state index contributed by atoms with van der Waals surface area (Å²) in [6.45, 7) is 2.23. The highest BCUT2D eigenvalue weighted by atomic mass is 16.8. The third-order valence-electron chi connectivity index (χ3n) is 11.7. The van der Waals surface area contributed by atoms with Gasteiger partial charge in [-0.15, -0.1) is 6.58 Å². The van der Waals surface area contributed by atoms with Crippen LogP contribution in [0.2, 0.25) is 0 Å². The van der Waals surface area contributed by atoms with Crippen molar-refractivity contribution >= 4 is 35.8 Å². The van der Waals surface area contributed by atoms with Gasteiger partial charge in [0.1, 0.15) is 37.6 Å². The van der Waals surface area contributed by atoms with E-state index < -0.39 is 110 Å². The summed E-state index contributed by atoms with van der Waals surface area (Å²) >= 11 is 0. The van der Waals surface area contributed by atoms with Gasteiger partial charge in [0.15, 0.2) is 37.0 Å². The number of esters is 6. The minimum atomic E-state index is -2.09. The Kier molecular flexibility index (Phi) is 17.8. The molecule has 2 saturated heterocycles. The number of aliphatic hydroxyl groups is 1. The molecule has 1 N–H and O–H groups in total. The molecule has 0 unspecified atom stereocenters. The molecule has 17 heteroatoms. The molecule has 2 fully saturated rings. The summed E-state index contributed by atoms with van der Waals surface area (Å²) in [5.41, 5.74) is 0.614. The molecular formula is C57H50O17. The summed E-state index contributed by atoms with van der Waals surface area (Å²) in [6, 6.07) is 47.3. The largest absolute Gasteiger partial charge is 0.459 e. The zero-order valence-corrected chi connectivity index (χ0v) is 39.5. The fraction of sp³-hybridized carbons (Fsp3) is 0.228. The zero-order valence-electron chi connectivity index (χ0n) is 39.5. The normalized spacial score (nSPS) is 23.2. The Morgan fingerprint density at radius 2 is 0.716 bits per heavy atom. The molecule has 17 nitrogen and oxygen atoms in total. The van der Waals surface area contributed by atoms with Crippen LogP contribution in [0, 0.1) is 0 Å². The van der Waals surface area contributed by atoms with Gasteiger partial charge in [0, 0.05) is 0 Å². The van der Waals surface area contributed by atoms with Crippen LogP contribution in [-0.2, 0) is 47.4 Å². The van der Waals surface area contributed by atoms with Gasteiger partial charge in [0.05, 0.1) is 40.0 Å². The van der Waals surface area contributed by atoms with Crippen molar-refractivity contribution in [2.75, 3.05) is 19.8 Å². The molecule has 0 amide bonds. The standard InChI is InChI=1S/C57H50O17/c1-2-33-65-46-44(70-52(60)38-25-13-5-14-26-38)43(35-67-51(59)37-23-11-4-12-24-37)69-57(49(46)73-55(63)41-31-19-8-20-32-41)74-47-45(71-53(61)39-27-15-6-16-28-39)42(34-66-50(58)36-21-9-3-10-22-36)68-56(64)48(47)72-54(62)40-29-17-7-18-30-40/h2-32,42-49,56-57,64H,1,33-35H2/t42-,43-,44+,45+,46+,47+,48-,49-,56-,57+/m1/s1. The van der Waals surface area contributed by atoms with Gasteiger partial charge in [0.25, 0.3) is 0 Å². The summed E-state index contributed by atoms with van der Waals surface area (Å²) in [4.78, 5) is 83.3. The number of aliphatic hydroxyl groups excluding tert-OH is 1. The molecule has 0 aromatic heterocycles. The molecule has 6 aromatic carbocycles. The Morgan fingerprint density at radius 1 is 0.405 bits per heavy atom. The van der Waals surface area contributed by atoms with Crippen molar-refractivity contribution in [1.82, 2.24) is 0 Å². The second-order valence-electron chi connectivity index (χ2n) is 16.7. The number of benzene rings is 6. The van der Waals surface area contributed by atoms with Gasteiger partial charge in [-0.1, -0.05) is 115 Å². The van der Waals surface area contributed by atoms with Crippen LogP contribution in [0.25, 0.3) is 0 Å². The van der Waals surface area contributed by atoms with Crippen LogP contribution in [0.5, 0.6) is 0 Å². The first-order valence-corrected chi connectivity index (χ1v) is 23.4. The Labute approximate surface area is 425 Å². The quantitative estimate of drug-likeness (QED) is 0.0491. The molecule has 0 saturated carbocycles. The van der Waals surface area contributed by atoms with E-state index in [0.29, 0.717) is 0 Å². The van der Waals surface area contributed by atoms with Crippen LogP contribution in [0.3, 0.4) is 0 Å². The third kappa shape index (κ3) is 13.2. The summed E-state index contributed by atoms with van der Waals surface area (Å²) in [5.74, 6) is -5.31. The summed E-state index contributed by atoms with van der Waals surface area (Å²) in [5, 5.41) is 11.9. The predicted molar refractivity (Wildman–Crippen MR) is 260 cm³/mol. The average molecular weight is 1010 g/mol. The maximum atomic E-state index is 14.2. The molecular weight excluding hydrogens is 957 g/mol. The number of ether oxygens (including phenoxy) is 10. The summed E-state index contributed by atoms with van der Waals surface area (Å²) < 4.78 is 61.8. The topological polar surface area (TPSA) is 215 Å². The van der Waals surface area contributed by atoms with Gasteiger partial charge in [-0.3, -0.25) is 0 Å². The smallest absolute Gasteiger partial charge is 0.338 e. The highest BCUT2D eigenvalue weighted by Crippen LogP contribution is 2.36. The molecule has 0 aliphatic carbocycles. The van der Waals surface area contributed by atoms with Gasteiger partial charge >= 0.3 is 35.8 Å². The SMILES string of the molecule is C=CCO[C@H]1[C@@H](OC(=O)c2ccccc2)[C@@H](COC(=O)c2ccccc2)O[C@@H](O[C@@H]2[C@@H](OC(=O)c3ccccc3)[C@H](O)O[C@H](COC(=O)c3ccccc3)[C@@H]2OC(=O)c2ccccc2)[C@@H]1OC(=O)c1ccccc1. The molecule has 2 aliphatic heterocycles. The van der Waals surface area contributed by atoms with Crippen molar-refractivity contribution in [3.63, 3.8) is 0 Å². The van der Waals surface area contributed by atoms with E-state index in [1.165, 1.54) is 78.9 Å². The van der Waals surface area contributed by atoms with Gasteiger partial charge in [-0.05, 0) is 72.8 Å². The van der Waals surface area contributed by atoms with Crippen molar-refractivity contribution in [1.29, 1.82) is 0 Å². The first kappa shape index (κ1) is 52.0. The van der Waals surface area contributed by atoms with Gasteiger partial charge in [-0.2, -0.15) is 0 Å². The van der Waals surface area contributed by atoms with Gasteiger partial charge < -0.3 is 52.5 Å². The van der Waals surface area contributed by atoms with Crippen LogP contribution in [0.15, 0.2) is 195 Å². The molecule has 6 aromatic rings. The van der Waals surface area contributed by atoms with E-state index in [1.54, 1.807) is 109 Å². The fourth-order valence-corrected chi connectivity index (χ4v) is 8.06. The van der Waals surface area contributed by atoms with Crippen molar-refractivity contribution in [2.24, 2.45) is 0 Å². The van der Waals surface area contributed by atoms with E-state index in [1.807, 2.05) is 0 Å². The van der Waals surface area contributed by atoms with Crippen molar-refractivity contribution in [3.05, 3.63) is 228 Å². The lowest BCUT2D eigenvalue weighted by Gasteiger charge is -2.48. The monoisotopic (exact) mass is 1010 g/mol. The Bertz CT molecular complexity index is 2820. The molecule has 0 spiro atoms. The molecule has 10 atom stereocenters. The molecule has 0 bridgehead atoms. The number of rotatable bonds is 19. The van der Waals surface area contributed by atoms with Crippen LogP contribution >= 0.6 is 0 Å². The Hall–Kier alpha value is -8.32. The lowest BCUT2D eigenvalue weighted by atomic mass is 9.95. The summed E-state index contributed by atoms with van der Waals surface area (Å²) in [6.07, 6.45) is -16.1. The molecule has 2 aliphatic rings. The third-order valence-corrected chi connectivity index (χ3v) is 11.7. The minimum Gasteiger partial charge on any atom is -0.459 e. The number of carbonyl (C=O) groups excluding carboxylic acids is 6. The van der Waals surface area contributed by atoms with Crippen LogP contribution in [0.1, 0.15) is 62.1 Å². The zero-order chi connectivity index (χ0) is 51.8. The van der Waals surface area contributed by atoms with E-state index in [0.717, 1.165) is 0 Å². The van der Waals surface area contributed by atoms with Crippen LogP contribution in [0.4, 0.5) is 0 Å². The maximum absolute atomic E-state index is 14.2. The molecule has 380 valence electrons. The lowest BCUT2D eigenvalue weighted by molar-refractivity contribution is -0.355. The van der Waals surface area contributed by atoms with E-state index in [2.05, 4.69) is 6.58 Å². The first-order chi connectivity index (χ1) is 36.1. The van der Waals surface area contributed by atoms with Crippen molar-refractivity contribution in [2.45, 2.75) is 61.4 Å². The second-order valence-corrected chi connectivity index (χ2v) is 16.7. The Balaban J connectivity index is 1.24. The highest BCUT2D eigenvalue weighted by Gasteiger charge is 2.57. The van der Waals surface area contributed by atoms with Crippen LogP contribution in [-0.4, -0.2) is 122 Å². The van der Waals surface area contributed by atoms with Gasteiger partial charge in [0.2, 0.25) is 0 Å². The van der Waals surface area contributed by atoms with Crippen molar-refractivity contribution in [3.8, 4) is 0 Å². The van der Waals surface area contributed by atoms with Crippen molar-refractivity contribution < 1.29 is 81.2 Å². The number of hydrogen-bond donors (Lipinski definition) is 1. The van der Waals surface area contributed by atoms with E-state index in [9.17, 15) is 33.9 Å². The molecule has 8 rings (SSSR count). The number of carbonyl (C=O) groups is 6. The van der Waals surface area contributed by atoms with E-state index in [-0.39, 0.29) is 40.0 Å². The van der Waals surface area contributed by atoms with E-state index >= 15 is 0 Å². The highest BCUT2D eigenvalue weighted by molar-refractivity contribution is 5.92. The molecule has 0 radical (unpaired) electrons. The fourth-order valence-electron chi connectivity index (χ4n) is 8.06. The Morgan fingerprint density at radius 3 is 1.08 bits per heavy atom.